The van der Waals surface area contributed by atoms with Gasteiger partial charge in [0.05, 0.1) is 5.69 Å². The first-order valence-corrected chi connectivity index (χ1v) is 7.20. The maximum absolute atomic E-state index is 13.5. The number of ether oxygens (including phenoxy) is 1. The molecule has 0 unspecified atom stereocenters. The molecule has 0 saturated carbocycles. The van der Waals surface area contributed by atoms with E-state index in [1.165, 1.54) is 6.07 Å². The summed E-state index contributed by atoms with van der Waals surface area (Å²) in [6, 6.07) is 4.43. The summed E-state index contributed by atoms with van der Waals surface area (Å²) in [6.45, 7) is 4.59. The van der Waals surface area contributed by atoms with Crippen LogP contribution in [0, 0.1) is 11.6 Å². The van der Waals surface area contributed by atoms with Gasteiger partial charge in [0.15, 0.2) is 17.3 Å². The maximum atomic E-state index is 13.5. The first-order valence-electron chi connectivity index (χ1n) is 6.41. The molecule has 0 amide bonds. The third-order valence-corrected chi connectivity index (χ3v) is 3.09. The van der Waals surface area contributed by atoms with Gasteiger partial charge < -0.3 is 14.6 Å². The zero-order valence-electron chi connectivity index (χ0n) is 11.6. The summed E-state index contributed by atoms with van der Waals surface area (Å²) < 4.78 is 37.4. The molecule has 2 rings (SSSR count). The van der Waals surface area contributed by atoms with Gasteiger partial charge >= 0.3 is 0 Å². The van der Waals surface area contributed by atoms with Crippen LogP contribution >= 0.6 is 15.9 Å². The van der Waals surface area contributed by atoms with Gasteiger partial charge in [-0.3, -0.25) is 0 Å². The molecule has 1 aromatic carbocycles. The Bertz CT molecular complexity index is 617. The minimum atomic E-state index is -1.03. The molecule has 1 aromatic heterocycles. The summed E-state index contributed by atoms with van der Waals surface area (Å²) in [6.07, 6.45) is 0. The average molecular weight is 361 g/mol. The van der Waals surface area contributed by atoms with Crippen LogP contribution in [-0.4, -0.2) is 11.2 Å². The largest absolute Gasteiger partial charge is 0.482 e. The van der Waals surface area contributed by atoms with Crippen molar-refractivity contribution in [2.75, 3.05) is 0 Å². The number of hydrogen-bond donors (Lipinski definition) is 1. The van der Waals surface area contributed by atoms with Gasteiger partial charge in [-0.25, -0.2) is 4.39 Å². The topological polar surface area (TPSA) is 47.3 Å². The van der Waals surface area contributed by atoms with Crippen LogP contribution in [-0.2, 0) is 13.2 Å². The van der Waals surface area contributed by atoms with E-state index in [-0.39, 0.29) is 12.4 Å². The van der Waals surface area contributed by atoms with Gasteiger partial charge in [0.2, 0.25) is 5.82 Å². The van der Waals surface area contributed by atoms with Crippen molar-refractivity contribution >= 4 is 15.9 Å². The minimum absolute atomic E-state index is 0.0263. The Hall–Kier alpha value is -1.47. The molecule has 1 heterocycles. The summed E-state index contributed by atoms with van der Waals surface area (Å²) in [4.78, 5) is 0. The molecule has 0 bridgehead atoms. The van der Waals surface area contributed by atoms with Gasteiger partial charge in [0.25, 0.3) is 0 Å². The lowest BCUT2D eigenvalue weighted by Crippen LogP contribution is -2.21. The van der Waals surface area contributed by atoms with E-state index in [0.717, 1.165) is 11.8 Å². The number of halogens is 3. The summed E-state index contributed by atoms with van der Waals surface area (Å²) >= 11 is 3.08. The van der Waals surface area contributed by atoms with E-state index in [4.69, 9.17) is 9.26 Å². The van der Waals surface area contributed by atoms with Crippen molar-refractivity contribution in [3.05, 3.63) is 45.8 Å². The van der Waals surface area contributed by atoms with Crippen LogP contribution in [0.5, 0.6) is 5.75 Å². The van der Waals surface area contributed by atoms with Crippen molar-refractivity contribution in [1.82, 2.24) is 10.5 Å². The fraction of sp³-hybridized carbons (Fsp3) is 0.357. The van der Waals surface area contributed by atoms with Crippen LogP contribution < -0.4 is 10.1 Å². The van der Waals surface area contributed by atoms with Crippen molar-refractivity contribution in [3.8, 4) is 5.75 Å². The third-order valence-electron chi connectivity index (χ3n) is 2.63. The molecule has 114 valence electrons. The van der Waals surface area contributed by atoms with Crippen molar-refractivity contribution in [3.63, 3.8) is 0 Å². The number of hydrogen-bond acceptors (Lipinski definition) is 4. The molecule has 2 aromatic rings. The molecule has 4 nitrogen and oxygen atoms in total. The number of aromatic nitrogens is 1. The van der Waals surface area contributed by atoms with Crippen LogP contribution in [0.25, 0.3) is 0 Å². The van der Waals surface area contributed by atoms with Crippen molar-refractivity contribution in [2.24, 2.45) is 0 Å². The first kappa shape index (κ1) is 15.9. The minimum Gasteiger partial charge on any atom is -0.482 e. The SMILES string of the molecule is CC(C)NCc1cc(COc2cc(Br)cc(F)c2F)on1. The van der Waals surface area contributed by atoms with Gasteiger partial charge in [-0.1, -0.05) is 34.9 Å². The summed E-state index contributed by atoms with van der Waals surface area (Å²) in [5, 5.41) is 7.06. The smallest absolute Gasteiger partial charge is 0.200 e. The normalized spacial score (nSPS) is 11.1. The highest BCUT2D eigenvalue weighted by Gasteiger charge is 2.13. The molecule has 0 aliphatic carbocycles. The molecule has 0 spiro atoms. The van der Waals surface area contributed by atoms with E-state index in [0.29, 0.717) is 22.8 Å². The van der Waals surface area contributed by atoms with Crippen LogP contribution in [0.15, 0.2) is 27.2 Å². The monoisotopic (exact) mass is 360 g/mol. The number of nitrogens with one attached hydrogen (secondary N) is 1. The Morgan fingerprint density at radius 2 is 2.10 bits per heavy atom. The molecular weight excluding hydrogens is 346 g/mol. The average Bonchev–Trinajstić information content (AvgIpc) is 2.87. The van der Waals surface area contributed by atoms with Crippen LogP contribution in [0.4, 0.5) is 8.78 Å². The van der Waals surface area contributed by atoms with Gasteiger partial charge in [-0.15, -0.1) is 0 Å². The molecule has 0 saturated heterocycles. The molecule has 0 aliphatic rings. The van der Waals surface area contributed by atoms with Crippen molar-refractivity contribution in [1.29, 1.82) is 0 Å². The predicted octanol–water partition coefficient (Wildman–Crippen LogP) is 3.79. The molecule has 0 radical (unpaired) electrons. The van der Waals surface area contributed by atoms with E-state index < -0.39 is 11.6 Å². The van der Waals surface area contributed by atoms with Gasteiger partial charge in [-0.2, -0.15) is 4.39 Å². The molecule has 21 heavy (non-hydrogen) atoms. The Morgan fingerprint density at radius 3 is 2.81 bits per heavy atom. The molecule has 0 fully saturated rings. The lowest BCUT2D eigenvalue weighted by atomic mass is 10.3. The van der Waals surface area contributed by atoms with Gasteiger partial charge in [0.1, 0.15) is 6.61 Å². The van der Waals surface area contributed by atoms with Gasteiger partial charge in [0, 0.05) is 23.1 Å². The van der Waals surface area contributed by atoms with E-state index in [9.17, 15) is 8.78 Å². The Balaban J connectivity index is 1.97. The number of rotatable bonds is 6. The Labute approximate surface area is 129 Å². The summed E-state index contributed by atoms with van der Waals surface area (Å²) in [5.41, 5.74) is 0.725. The fourth-order valence-electron chi connectivity index (χ4n) is 1.60. The second-order valence-corrected chi connectivity index (χ2v) is 5.72. The number of benzene rings is 1. The molecule has 0 aliphatic heterocycles. The first-order chi connectivity index (χ1) is 9.95. The Kier molecular flexibility index (Phi) is 5.30. The van der Waals surface area contributed by atoms with Crippen LogP contribution in [0.1, 0.15) is 25.3 Å². The highest BCUT2D eigenvalue weighted by molar-refractivity contribution is 9.10. The quantitative estimate of drug-likeness (QED) is 0.796. The van der Waals surface area contributed by atoms with Crippen molar-refractivity contribution < 1.29 is 18.0 Å². The zero-order chi connectivity index (χ0) is 15.4. The lowest BCUT2D eigenvalue weighted by molar-refractivity contribution is 0.236. The molecular formula is C14H15BrF2N2O2. The molecule has 7 heteroatoms. The highest BCUT2D eigenvalue weighted by Crippen LogP contribution is 2.26. The fourth-order valence-corrected chi connectivity index (χ4v) is 2.01. The van der Waals surface area contributed by atoms with Crippen LogP contribution in [0.3, 0.4) is 0 Å². The Morgan fingerprint density at radius 1 is 1.33 bits per heavy atom. The van der Waals surface area contributed by atoms with E-state index in [2.05, 4.69) is 26.4 Å². The standard InChI is InChI=1S/C14H15BrF2N2O2/c1-8(2)18-6-10-5-11(21-19-10)7-20-13-4-9(15)3-12(16)14(13)17/h3-5,8,18H,6-7H2,1-2H3. The van der Waals surface area contributed by atoms with E-state index in [1.54, 1.807) is 6.07 Å². The molecule has 0 atom stereocenters. The van der Waals surface area contributed by atoms with E-state index in [1.807, 2.05) is 13.8 Å². The number of nitrogens with zero attached hydrogens (tertiary/aromatic N) is 1. The second kappa shape index (κ2) is 7.00. The van der Waals surface area contributed by atoms with Crippen LogP contribution in [0.2, 0.25) is 0 Å². The highest BCUT2D eigenvalue weighted by atomic mass is 79.9. The lowest BCUT2D eigenvalue weighted by Gasteiger charge is -2.06. The second-order valence-electron chi connectivity index (χ2n) is 4.81. The summed E-state index contributed by atoms with van der Waals surface area (Å²) in [5.74, 6) is -1.74. The third kappa shape index (κ3) is 4.50. The van der Waals surface area contributed by atoms with Gasteiger partial charge in [-0.05, 0) is 12.1 Å². The summed E-state index contributed by atoms with van der Waals surface area (Å²) in [7, 11) is 0. The van der Waals surface area contributed by atoms with E-state index >= 15 is 0 Å². The predicted molar refractivity (Wildman–Crippen MR) is 76.9 cm³/mol. The van der Waals surface area contributed by atoms with Crippen molar-refractivity contribution in [2.45, 2.75) is 33.0 Å². The zero-order valence-corrected chi connectivity index (χ0v) is 13.2. The maximum Gasteiger partial charge on any atom is 0.200 e. The molecule has 1 N–H and O–H groups in total.